The highest BCUT2D eigenvalue weighted by atomic mass is 16.5. The number of rotatable bonds is 6. The van der Waals surface area contributed by atoms with Crippen molar-refractivity contribution in [3.05, 3.63) is 65.2 Å². The third kappa shape index (κ3) is 5.18. The Morgan fingerprint density at radius 1 is 1.10 bits per heavy atom. The van der Waals surface area contributed by atoms with Gasteiger partial charge in [0.2, 0.25) is 0 Å². The molecule has 29 heavy (non-hydrogen) atoms. The first-order valence-corrected chi connectivity index (χ1v) is 9.45. The van der Waals surface area contributed by atoms with Crippen LogP contribution in [0, 0.1) is 0 Å². The predicted molar refractivity (Wildman–Crippen MR) is 109 cm³/mol. The molecule has 0 aromatic heterocycles. The van der Waals surface area contributed by atoms with E-state index in [1.807, 2.05) is 31.2 Å². The monoisotopic (exact) mass is 396 g/mol. The molecular formula is C21H24N4O4. The summed E-state index contributed by atoms with van der Waals surface area (Å²) in [6, 6.07) is 14.0. The van der Waals surface area contributed by atoms with E-state index in [1.165, 1.54) is 5.01 Å². The zero-order valence-electron chi connectivity index (χ0n) is 16.2. The number of morpholine rings is 1. The van der Waals surface area contributed by atoms with E-state index in [-0.39, 0.29) is 5.91 Å². The molecule has 8 heteroatoms. The van der Waals surface area contributed by atoms with Crippen LogP contribution in [0.2, 0.25) is 0 Å². The van der Waals surface area contributed by atoms with Gasteiger partial charge in [-0.3, -0.25) is 14.8 Å². The Kier molecular flexibility index (Phi) is 6.94. The Morgan fingerprint density at radius 3 is 2.31 bits per heavy atom. The molecule has 152 valence electrons. The number of carbonyl (C=O) groups is 2. The van der Waals surface area contributed by atoms with Crippen LogP contribution in [-0.2, 0) is 4.74 Å². The molecule has 0 bridgehead atoms. The molecule has 1 saturated heterocycles. The summed E-state index contributed by atoms with van der Waals surface area (Å²) in [6.45, 7) is 5.39. The number of nitrogens with zero attached hydrogens (tertiary/aromatic N) is 3. The molecule has 1 aliphatic rings. The van der Waals surface area contributed by atoms with Gasteiger partial charge in [0, 0.05) is 36.4 Å². The van der Waals surface area contributed by atoms with E-state index < -0.39 is 5.91 Å². The highest BCUT2D eigenvalue weighted by molar-refractivity contribution is 5.96. The topological polar surface area (TPSA) is 94.5 Å². The molecule has 1 fully saturated rings. The molecular weight excluding hydrogens is 372 g/mol. The Balaban J connectivity index is 1.66. The van der Waals surface area contributed by atoms with Crippen LogP contribution in [-0.4, -0.2) is 61.1 Å². The third-order valence-electron chi connectivity index (χ3n) is 4.65. The summed E-state index contributed by atoms with van der Waals surface area (Å²) < 4.78 is 5.37. The van der Waals surface area contributed by atoms with Crippen molar-refractivity contribution in [2.75, 3.05) is 37.7 Å². The van der Waals surface area contributed by atoms with Crippen molar-refractivity contribution in [2.24, 2.45) is 5.10 Å². The van der Waals surface area contributed by atoms with Gasteiger partial charge in [-0.15, -0.1) is 0 Å². The van der Waals surface area contributed by atoms with E-state index in [4.69, 9.17) is 9.94 Å². The summed E-state index contributed by atoms with van der Waals surface area (Å²) in [7, 11) is 0. The lowest BCUT2D eigenvalue weighted by atomic mass is 10.1. The van der Waals surface area contributed by atoms with Gasteiger partial charge in [0.1, 0.15) is 0 Å². The van der Waals surface area contributed by atoms with Gasteiger partial charge in [-0.1, -0.05) is 12.1 Å². The van der Waals surface area contributed by atoms with Crippen molar-refractivity contribution in [1.82, 2.24) is 10.5 Å². The molecule has 0 atom stereocenters. The number of benzene rings is 2. The number of nitrogens with one attached hydrogen (secondary N) is 1. The average Bonchev–Trinajstić information content (AvgIpc) is 2.80. The van der Waals surface area contributed by atoms with Crippen molar-refractivity contribution >= 4 is 23.7 Å². The lowest BCUT2D eigenvalue weighted by Gasteiger charge is -2.29. The number of hydrazone groups is 1. The van der Waals surface area contributed by atoms with E-state index in [0.717, 1.165) is 24.3 Å². The van der Waals surface area contributed by atoms with Gasteiger partial charge >= 0.3 is 0 Å². The quantitative estimate of drug-likeness (QED) is 0.443. The molecule has 0 unspecified atom stereocenters. The van der Waals surface area contributed by atoms with Crippen LogP contribution in [0.1, 0.15) is 33.2 Å². The fourth-order valence-electron chi connectivity index (χ4n) is 2.98. The van der Waals surface area contributed by atoms with Crippen LogP contribution < -0.4 is 10.4 Å². The Hall–Kier alpha value is -3.23. The van der Waals surface area contributed by atoms with E-state index in [9.17, 15) is 9.59 Å². The molecule has 2 aromatic rings. The van der Waals surface area contributed by atoms with Gasteiger partial charge in [-0.2, -0.15) is 5.10 Å². The van der Waals surface area contributed by atoms with E-state index in [1.54, 1.807) is 36.0 Å². The molecule has 2 N–H and O–H groups in total. The maximum Gasteiger partial charge on any atom is 0.274 e. The van der Waals surface area contributed by atoms with E-state index in [0.29, 0.717) is 30.9 Å². The fraction of sp³-hybridized carbons (Fsp3) is 0.286. The van der Waals surface area contributed by atoms with E-state index >= 15 is 0 Å². The van der Waals surface area contributed by atoms with E-state index in [2.05, 4.69) is 10.0 Å². The van der Waals surface area contributed by atoms with Gasteiger partial charge in [-0.25, -0.2) is 10.5 Å². The predicted octanol–water partition coefficient (Wildman–Crippen LogP) is 2.14. The first-order chi connectivity index (χ1) is 14.1. The minimum atomic E-state index is -0.584. The molecule has 0 saturated carbocycles. The van der Waals surface area contributed by atoms with Crippen LogP contribution in [0.25, 0.3) is 0 Å². The second kappa shape index (κ2) is 9.81. The van der Waals surface area contributed by atoms with Gasteiger partial charge in [0.05, 0.1) is 19.4 Å². The molecule has 1 aliphatic heterocycles. The number of carbonyl (C=O) groups excluding carboxylic acids is 2. The van der Waals surface area contributed by atoms with Crippen molar-refractivity contribution < 1.29 is 19.5 Å². The number of hydrogen-bond acceptors (Lipinski definition) is 6. The molecule has 0 spiro atoms. The smallest absolute Gasteiger partial charge is 0.274 e. The van der Waals surface area contributed by atoms with Crippen molar-refractivity contribution in [2.45, 2.75) is 6.92 Å². The maximum atomic E-state index is 12.8. The fourth-order valence-corrected chi connectivity index (χ4v) is 2.98. The third-order valence-corrected chi connectivity index (χ3v) is 4.65. The molecule has 1 heterocycles. The van der Waals surface area contributed by atoms with Crippen molar-refractivity contribution in [3.8, 4) is 0 Å². The molecule has 8 nitrogen and oxygen atoms in total. The molecule has 2 aromatic carbocycles. The van der Waals surface area contributed by atoms with Crippen molar-refractivity contribution in [1.29, 1.82) is 0 Å². The minimum absolute atomic E-state index is 0.187. The molecule has 2 amide bonds. The van der Waals surface area contributed by atoms with Gasteiger partial charge in [0.25, 0.3) is 11.8 Å². The lowest BCUT2D eigenvalue weighted by Crippen LogP contribution is -2.36. The second-order valence-corrected chi connectivity index (χ2v) is 6.47. The number of hydrogen-bond donors (Lipinski definition) is 2. The standard InChI is InChI=1S/C21H24N4O4/c1-2-25(22-15-16-3-5-17(6-4-16)20(26)23-28)21(27)18-7-9-19(10-8-18)24-11-13-29-14-12-24/h3-10,15,28H,2,11-14H2,1H3,(H,23,26). The Morgan fingerprint density at radius 2 is 1.72 bits per heavy atom. The molecule has 0 aliphatic carbocycles. The zero-order valence-corrected chi connectivity index (χ0v) is 16.2. The van der Waals surface area contributed by atoms with Gasteiger partial charge < -0.3 is 9.64 Å². The molecule has 0 radical (unpaired) electrons. The number of ether oxygens (including phenoxy) is 1. The highest BCUT2D eigenvalue weighted by Gasteiger charge is 2.15. The molecule has 3 rings (SSSR count). The summed E-state index contributed by atoms with van der Waals surface area (Å²) in [5, 5.41) is 14.3. The van der Waals surface area contributed by atoms with Crippen LogP contribution in [0.4, 0.5) is 5.69 Å². The maximum absolute atomic E-state index is 12.8. The summed E-state index contributed by atoms with van der Waals surface area (Å²) in [6.07, 6.45) is 1.56. The minimum Gasteiger partial charge on any atom is -0.378 e. The first kappa shape index (κ1) is 20.5. The Bertz CT molecular complexity index is 859. The number of hydroxylamine groups is 1. The van der Waals surface area contributed by atoms with Crippen LogP contribution in [0.5, 0.6) is 0 Å². The van der Waals surface area contributed by atoms with Crippen LogP contribution in [0.15, 0.2) is 53.6 Å². The summed E-state index contributed by atoms with van der Waals surface area (Å²) >= 11 is 0. The number of anilines is 1. The normalized spacial score (nSPS) is 14.1. The van der Waals surface area contributed by atoms with Crippen LogP contribution >= 0.6 is 0 Å². The van der Waals surface area contributed by atoms with Gasteiger partial charge in [0.15, 0.2) is 0 Å². The Labute approximate surface area is 169 Å². The zero-order chi connectivity index (χ0) is 20.6. The summed E-state index contributed by atoms with van der Waals surface area (Å²) in [4.78, 5) is 26.3. The summed E-state index contributed by atoms with van der Waals surface area (Å²) in [5.74, 6) is -0.770. The summed E-state index contributed by atoms with van der Waals surface area (Å²) in [5.41, 5.74) is 4.28. The SMILES string of the molecule is CCN(N=Cc1ccc(C(=O)NO)cc1)C(=O)c1ccc(N2CCOCC2)cc1. The second-order valence-electron chi connectivity index (χ2n) is 6.47. The van der Waals surface area contributed by atoms with Crippen LogP contribution in [0.3, 0.4) is 0 Å². The average molecular weight is 396 g/mol. The lowest BCUT2D eigenvalue weighted by molar-refractivity contribution is 0.0706. The van der Waals surface area contributed by atoms with Crippen molar-refractivity contribution in [3.63, 3.8) is 0 Å². The highest BCUT2D eigenvalue weighted by Crippen LogP contribution is 2.17. The van der Waals surface area contributed by atoms with Gasteiger partial charge in [-0.05, 0) is 48.9 Å². The largest absolute Gasteiger partial charge is 0.378 e. The first-order valence-electron chi connectivity index (χ1n) is 9.45. The number of amides is 2.